The predicted molar refractivity (Wildman–Crippen MR) is 90.0 cm³/mol. The third-order valence-corrected chi connectivity index (χ3v) is 4.66. The molecule has 1 amide bonds. The minimum Gasteiger partial charge on any atom is -0.490 e. The minimum absolute atomic E-state index is 0.146. The standard InChI is InChI=1S/C18H24ClNO3/c1-18(2,3)23-17(21)20-13-6-7-14(20)11-16(10-13)22-15-8-4-12(19)5-9-15/h4-5,8-9,13-14,16H,6-7,10-11H2,1-3H3/t13-,14+,16+. The van der Waals surface area contributed by atoms with Gasteiger partial charge in [-0.15, -0.1) is 0 Å². The van der Waals surface area contributed by atoms with Crippen LogP contribution in [0.2, 0.25) is 5.02 Å². The van der Waals surface area contributed by atoms with E-state index in [0.717, 1.165) is 31.4 Å². The lowest BCUT2D eigenvalue weighted by atomic mass is 10.00. The van der Waals surface area contributed by atoms with Crippen molar-refractivity contribution < 1.29 is 14.3 Å². The number of carbonyl (C=O) groups is 1. The quantitative estimate of drug-likeness (QED) is 0.788. The molecule has 2 fully saturated rings. The largest absolute Gasteiger partial charge is 0.490 e. The fraction of sp³-hybridized carbons (Fsp3) is 0.611. The lowest BCUT2D eigenvalue weighted by molar-refractivity contribution is -0.00707. The van der Waals surface area contributed by atoms with E-state index in [-0.39, 0.29) is 24.3 Å². The maximum absolute atomic E-state index is 12.4. The lowest BCUT2D eigenvalue weighted by Gasteiger charge is -2.39. The van der Waals surface area contributed by atoms with Crippen molar-refractivity contribution in [2.45, 2.75) is 70.2 Å². The minimum atomic E-state index is -0.451. The molecule has 2 saturated heterocycles. The van der Waals surface area contributed by atoms with Gasteiger partial charge in [-0.1, -0.05) is 11.6 Å². The summed E-state index contributed by atoms with van der Waals surface area (Å²) in [5, 5.41) is 0.706. The average molecular weight is 338 g/mol. The van der Waals surface area contributed by atoms with Crippen molar-refractivity contribution in [2.24, 2.45) is 0 Å². The van der Waals surface area contributed by atoms with Crippen LogP contribution in [0.25, 0.3) is 0 Å². The number of nitrogens with zero attached hydrogens (tertiary/aromatic N) is 1. The Morgan fingerprint density at radius 3 is 2.22 bits per heavy atom. The maximum Gasteiger partial charge on any atom is 0.410 e. The molecule has 2 bridgehead atoms. The van der Waals surface area contributed by atoms with Crippen LogP contribution in [0.5, 0.6) is 5.75 Å². The molecule has 0 saturated carbocycles. The Morgan fingerprint density at radius 1 is 1.13 bits per heavy atom. The van der Waals surface area contributed by atoms with Gasteiger partial charge in [-0.3, -0.25) is 0 Å². The molecule has 0 unspecified atom stereocenters. The Kier molecular flexibility index (Phi) is 4.45. The Labute approximate surface area is 142 Å². The summed E-state index contributed by atoms with van der Waals surface area (Å²) in [4.78, 5) is 14.4. The molecule has 2 aliphatic rings. The molecular formula is C18H24ClNO3. The molecule has 2 aliphatic heterocycles. The van der Waals surface area contributed by atoms with E-state index in [1.807, 2.05) is 49.9 Å². The molecule has 5 heteroatoms. The van der Waals surface area contributed by atoms with Crippen molar-refractivity contribution >= 4 is 17.7 Å². The normalized spacial score (nSPS) is 27.0. The zero-order valence-corrected chi connectivity index (χ0v) is 14.7. The molecule has 23 heavy (non-hydrogen) atoms. The van der Waals surface area contributed by atoms with E-state index >= 15 is 0 Å². The van der Waals surface area contributed by atoms with Gasteiger partial charge in [-0.05, 0) is 57.9 Å². The number of carbonyl (C=O) groups excluding carboxylic acids is 1. The van der Waals surface area contributed by atoms with Gasteiger partial charge in [-0.2, -0.15) is 0 Å². The number of piperidine rings is 1. The SMILES string of the molecule is CC(C)(C)OC(=O)N1[C@@H]2CC[C@H]1C[C@@H](Oc1ccc(Cl)cc1)C2. The van der Waals surface area contributed by atoms with Crippen LogP contribution in [-0.2, 0) is 4.74 Å². The monoisotopic (exact) mass is 337 g/mol. The molecule has 0 aromatic heterocycles. The van der Waals surface area contributed by atoms with Gasteiger partial charge in [0.1, 0.15) is 17.5 Å². The third-order valence-electron chi connectivity index (χ3n) is 4.41. The Morgan fingerprint density at radius 2 is 1.70 bits per heavy atom. The zero-order chi connectivity index (χ0) is 16.6. The van der Waals surface area contributed by atoms with Crippen molar-refractivity contribution in [3.8, 4) is 5.75 Å². The molecule has 0 spiro atoms. The molecule has 1 aromatic carbocycles. The molecule has 3 atom stereocenters. The first-order valence-electron chi connectivity index (χ1n) is 8.25. The van der Waals surface area contributed by atoms with Crippen molar-refractivity contribution in [3.63, 3.8) is 0 Å². The molecule has 0 radical (unpaired) electrons. The second kappa shape index (κ2) is 6.23. The fourth-order valence-corrected chi connectivity index (χ4v) is 3.67. The van der Waals surface area contributed by atoms with E-state index in [4.69, 9.17) is 21.1 Å². The highest BCUT2D eigenvalue weighted by Gasteiger charge is 2.45. The smallest absolute Gasteiger partial charge is 0.410 e. The summed E-state index contributed by atoms with van der Waals surface area (Å²) in [6.07, 6.45) is 3.74. The zero-order valence-electron chi connectivity index (χ0n) is 13.9. The van der Waals surface area contributed by atoms with Crippen molar-refractivity contribution in [1.82, 2.24) is 4.90 Å². The Bertz CT molecular complexity index is 553. The second-order valence-electron chi connectivity index (χ2n) is 7.44. The van der Waals surface area contributed by atoms with Crippen LogP contribution in [0.15, 0.2) is 24.3 Å². The second-order valence-corrected chi connectivity index (χ2v) is 7.87. The summed E-state index contributed by atoms with van der Waals surface area (Å²) in [6, 6.07) is 7.90. The fourth-order valence-electron chi connectivity index (χ4n) is 3.54. The lowest BCUT2D eigenvalue weighted by Crippen LogP contribution is -2.50. The highest BCUT2D eigenvalue weighted by molar-refractivity contribution is 6.30. The summed E-state index contributed by atoms with van der Waals surface area (Å²) in [5.74, 6) is 0.838. The summed E-state index contributed by atoms with van der Waals surface area (Å²) in [7, 11) is 0. The van der Waals surface area contributed by atoms with E-state index in [9.17, 15) is 4.79 Å². The van der Waals surface area contributed by atoms with Gasteiger partial charge >= 0.3 is 6.09 Å². The van der Waals surface area contributed by atoms with Crippen LogP contribution in [0.3, 0.4) is 0 Å². The van der Waals surface area contributed by atoms with Crippen LogP contribution in [-0.4, -0.2) is 34.8 Å². The molecule has 3 rings (SSSR count). The number of halogens is 1. The van der Waals surface area contributed by atoms with Crippen LogP contribution >= 0.6 is 11.6 Å². The Hall–Kier alpha value is -1.42. The summed E-state index contributed by atoms with van der Waals surface area (Å²) < 4.78 is 11.6. The molecule has 0 aliphatic carbocycles. The number of hydrogen-bond acceptors (Lipinski definition) is 3. The number of hydrogen-bond donors (Lipinski definition) is 0. The van der Waals surface area contributed by atoms with E-state index in [0.29, 0.717) is 5.02 Å². The molecule has 4 nitrogen and oxygen atoms in total. The number of rotatable bonds is 2. The maximum atomic E-state index is 12.4. The summed E-state index contributed by atoms with van der Waals surface area (Å²) in [5.41, 5.74) is -0.451. The number of benzene rings is 1. The first-order chi connectivity index (χ1) is 10.8. The van der Waals surface area contributed by atoms with Crippen LogP contribution < -0.4 is 4.74 Å². The predicted octanol–water partition coefficient (Wildman–Crippen LogP) is 4.65. The van der Waals surface area contributed by atoms with E-state index in [1.54, 1.807) is 0 Å². The molecular weight excluding hydrogens is 314 g/mol. The van der Waals surface area contributed by atoms with Crippen LogP contribution in [0.4, 0.5) is 4.79 Å². The summed E-state index contributed by atoms with van der Waals surface area (Å²) >= 11 is 5.90. The van der Waals surface area contributed by atoms with Crippen molar-refractivity contribution in [1.29, 1.82) is 0 Å². The van der Waals surface area contributed by atoms with Gasteiger partial charge in [0.15, 0.2) is 0 Å². The van der Waals surface area contributed by atoms with E-state index < -0.39 is 5.60 Å². The van der Waals surface area contributed by atoms with Crippen molar-refractivity contribution in [3.05, 3.63) is 29.3 Å². The van der Waals surface area contributed by atoms with Gasteiger partial charge in [0, 0.05) is 29.9 Å². The van der Waals surface area contributed by atoms with Crippen LogP contribution in [0.1, 0.15) is 46.5 Å². The molecule has 126 valence electrons. The van der Waals surface area contributed by atoms with Gasteiger partial charge < -0.3 is 14.4 Å². The first-order valence-corrected chi connectivity index (χ1v) is 8.63. The summed E-state index contributed by atoms with van der Waals surface area (Å²) in [6.45, 7) is 5.72. The van der Waals surface area contributed by atoms with Gasteiger partial charge in [0.05, 0.1) is 0 Å². The number of fused-ring (bicyclic) bond motifs is 2. The number of amides is 1. The highest BCUT2D eigenvalue weighted by Crippen LogP contribution is 2.38. The van der Waals surface area contributed by atoms with E-state index in [1.165, 1.54) is 0 Å². The topological polar surface area (TPSA) is 38.8 Å². The molecule has 2 heterocycles. The Balaban J connectivity index is 1.62. The highest BCUT2D eigenvalue weighted by atomic mass is 35.5. The van der Waals surface area contributed by atoms with Gasteiger partial charge in [0.25, 0.3) is 0 Å². The van der Waals surface area contributed by atoms with Gasteiger partial charge in [-0.25, -0.2) is 4.79 Å². The van der Waals surface area contributed by atoms with Crippen molar-refractivity contribution in [2.75, 3.05) is 0 Å². The molecule has 1 aromatic rings. The average Bonchev–Trinajstić information content (AvgIpc) is 2.72. The first kappa shape index (κ1) is 16.4. The molecule has 0 N–H and O–H groups in total. The van der Waals surface area contributed by atoms with E-state index in [2.05, 4.69) is 0 Å². The third kappa shape index (κ3) is 3.92. The number of ether oxygens (including phenoxy) is 2. The van der Waals surface area contributed by atoms with Gasteiger partial charge in [0.2, 0.25) is 0 Å². The van der Waals surface area contributed by atoms with Crippen LogP contribution in [0, 0.1) is 0 Å².